The number of hydrogen-bond acceptors (Lipinski definition) is 5. The molecule has 0 spiro atoms. The lowest BCUT2D eigenvalue weighted by Crippen LogP contribution is -2.11. The Morgan fingerprint density at radius 1 is 1.24 bits per heavy atom. The number of nitrogens with zero attached hydrogens (tertiary/aromatic N) is 4. The predicted molar refractivity (Wildman–Crippen MR) is 77.4 cm³/mol. The van der Waals surface area contributed by atoms with Crippen molar-refractivity contribution in [1.82, 2.24) is 19.7 Å². The molecule has 3 rings (SSSR count). The summed E-state index contributed by atoms with van der Waals surface area (Å²) >= 11 is 0. The van der Waals surface area contributed by atoms with Gasteiger partial charge in [-0.3, -0.25) is 19.4 Å². The monoisotopic (exact) mass is 282 g/mol. The second-order valence-corrected chi connectivity index (χ2v) is 4.47. The molecule has 0 bridgehead atoms. The molecule has 0 fully saturated rings. The Hall–Kier alpha value is -2.76. The first-order valence-corrected chi connectivity index (χ1v) is 6.60. The van der Waals surface area contributed by atoms with Gasteiger partial charge in [-0.1, -0.05) is 0 Å². The van der Waals surface area contributed by atoms with Gasteiger partial charge in [-0.05, 0) is 25.1 Å². The molecule has 0 aliphatic carbocycles. The maximum atomic E-state index is 12.7. The second kappa shape index (κ2) is 5.32. The van der Waals surface area contributed by atoms with Gasteiger partial charge in [0.1, 0.15) is 0 Å². The van der Waals surface area contributed by atoms with Gasteiger partial charge in [0.05, 0.1) is 24.3 Å². The third-order valence-electron chi connectivity index (χ3n) is 3.27. The summed E-state index contributed by atoms with van der Waals surface area (Å²) in [5.74, 6) is 0.333. The van der Waals surface area contributed by atoms with Crippen LogP contribution in [0.15, 0.2) is 36.8 Å². The molecular formula is C15H14N4O2. The van der Waals surface area contributed by atoms with Crippen LogP contribution in [0.25, 0.3) is 11.0 Å². The van der Waals surface area contributed by atoms with Gasteiger partial charge in [-0.25, -0.2) is 0 Å². The number of rotatable bonds is 4. The molecule has 3 aromatic rings. The minimum absolute atomic E-state index is 0.140. The van der Waals surface area contributed by atoms with Gasteiger partial charge >= 0.3 is 0 Å². The third-order valence-corrected chi connectivity index (χ3v) is 3.27. The van der Waals surface area contributed by atoms with Crippen LogP contribution in [0.1, 0.15) is 23.0 Å². The number of ether oxygens (including phenoxy) is 1. The number of hydrogen-bond donors (Lipinski definition) is 0. The molecule has 0 atom stereocenters. The van der Waals surface area contributed by atoms with E-state index in [2.05, 4.69) is 15.1 Å². The molecule has 0 unspecified atom stereocenters. The highest BCUT2D eigenvalue weighted by atomic mass is 16.5. The molecule has 0 saturated heterocycles. The fraction of sp³-hybridized carbons (Fsp3) is 0.200. The molecule has 1 aromatic carbocycles. The first-order chi connectivity index (χ1) is 10.2. The molecule has 0 saturated carbocycles. The zero-order valence-corrected chi connectivity index (χ0v) is 11.8. The number of carbonyl (C=O) groups is 1. The first kappa shape index (κ1) is 13.2. The first-order valence-electron chi connectivity index (χ1n) is 6.60. The van der Waals surface area contributed by atoms with E-state index in [0.717, 1.165) is 5.52 Å². The third kappa shape index (κ3) is 2.24. The van der Waals surface area contributed by atoms with Gasteiger partial charge in [0, 0.05) is 24.5 Å². The Morgan fingerprint density at radius 2 is 2.00 bits per heavy atom. The van der Waals surface area contributed by atoms with Crippen molar-refractivity contribution in [2.45, 2.75) is 13.5 Å². The Bertz CT molecular complexity index is 789. The number of aryl methyl sites for hydroxylation is 1. The number of aromatic nitrogens is 4. The van der Waals surface area contributed by atoms with Gasteiger partial charge in [0.2, 0.25) is 5.78 Å². The quantitative estimate of drug-likeness (QED) is 0.685. The fourth-order valence-electron chi connectivity index (χ4n) is 2.23. The summed E-state index contributed by atoms with van der Waals surface area (Å²) in [6.07, 6.45) is 4.78. The highest BCUT2D eigenvalue weighted by molar-refractivity contribution is 6.10. The van der Waals surface area contributed by atoms with Crippen LogP contribution in [-0.4, -0.2) is 32.6 Å². The van der Waals surface area contributed by atoms with Crippen molar-refractivity contribution in [3.63, 3.8) is 0 Å². The van der Waals surface area contributed by atoms with Crippen LogP contribution < -0.4 is 4.74 Å². The van der Waals surface area contributed by atoms with Gasteiger partial charge in [0.15, 0.2) is 11.4 Å². The number of benzene rings is 1. The Balaban J connectivity index is 2.10. The molecule has 2 heterocycles. The highest BCUT2D eigenvalue weighted by Gasteiger charge is 2.20. The lowest BCUT2D eigenvalue weighted by molar-refractivity contribution is 0.102. The van der Waals surface area contributed by atoms with Crippen LogP contribution in [0.2, 0.25) is 0 Å². The Morgan fingerprint density at radius 3 is 2.71 bits per heavy atom. The zero-order chi connectivity index (χ0) is 14.8. The van der Waals surface area contributed by atoms with E-state index in [4.69, 9.17) is 4.74 Å². The van der Waals surface area contributed by atoms with Crippen molar-refractivity contribution < 1.29 is 9.53 Å². The molecule has 0 aliphatic rings. The fourth-order valence-corrected chi connectivity index (χ4v) is 2.23. The van der Waals surface area contributed by atoms with E-state index in [-0.39, 0.29) is 5.78 Å². The van der Waals surface area contributed by atoms with Crippen molar-refractivity contribution in [3.05, 3.63) is 48.0 Å². The summed E-state index contributed by atoms with van der Waals surface area (Å²) in [6, 6.07) is 5.26. The lowest BCUT2D eigenvalue weighted by Gasteiger charge is -2.07. The highest BCUT2D eigenvalue weighted by Crippen LogP contribution is 2.22. The summed E-state index contributed by atoms with van der Waals surface area (Å²) in [6.45, 7) is 2.52. The Kier molecular flexibility index (Phi) is 3.35. The summed E-state index contributed by atoms with van der Waals surface area (Å²) in [5, 5.41) is 4.16. The van der Waals surface area contributed by atoms with Crippen LogP contribution in [0.3, 0.4) is 0 Å². The summed E-state index contributed by atoms with van der Waals surface area (Å²) in [4.78, 5) is 21.1. The van der Waals surface area contributed by atoms with Crippen molar-refractivity contribution in [3.8, 4) is 5.75 Å². The number of fused-ring (bicyclic) bond motifs is 1. The maximum absolute atomic E-state index is 12.7. The van der Waals surface area contributed by atoms with E-state index >= 15 is 0 Å². The zero-order valence-electron chi connectivity index (χ0n) is 11.8. The average Bonchev–Trinajstić information content (AvgIpc) is 2.96. The van der Waals surface area contributed by atoms with Crippen molar-refractivity contribution in [1.29, 1.82) is 0 Å². The SMILES string of the molecule is CCn1ncc(OC)c1C(=O)c1ccc2nccnc2c1. The molecule has 0 radical (unpaired) electrons. The maximum Gasteiger partial charge on any atom is 0.214 e. The molecule has 2 aromatic heterocycles. The van der Waals surface area contributed by atoms with Crippen molar-refractivity contribution in [2.75, 3.05) is 7.11 Å². The molecule has 6 heteroatoms. The second-order valence-electron chi connectivity index (χ2n) is 4.47. The standard InChI is InChI=1S/C15H14N4O2/c1-3-19-14(13(21-2)9-18-19)15(20)10-4-5-11-12(8-10)17-7-6-16-11/h4-9H,3H2,1-2H3. The van der Waals surface area contributed by atoms with E-state index in [1.54, 1.807) is 41.5 Å². The smallest absolute Gasteiger partial charge is 0.214 e. The van der Waals surface area contributed by atoms with Gasteiger partial charge < -0.3 is 4.74 Å². The van der Waals surface area contributed by atoms with Gasteiger partial charge in [0.25, 0.3) is 0 Å². The van der Waals surface area contributed by atoms with Crippen LogP contribution in [0.4, 0.5) is 0 Å². The lowest BCUT2D eigenvalue weighted by atomic mass is 10.1. The Labute approximate surface area is 121 Å². The van der Waals surface area contributed by atoms with Gasteiger partial charge in [-0.2, -0.15) is 5.10 Å². The normalized spacial score (nSPS) is 10.8. The van der Waals surface area contributed by atoms with Crippen LogP contribution in [0, 0.1) is 0 Å². The number of methoxy groups -OCH3 is 1. The summed E-state index contributed by atoms with van der Waals surface area (Å²) < 4.78 is 6.85. The number of carbonyl (C=O) groups excluding carboxylic acids is 1. The predicted octanol–water partition coefficient (Wildman–Crippen LogP) is 2.09. The van der Waals surface area contributed by atoms with Crippen molar-refractivity contribution >= 4 is 16.8 Å². The number of ketones is 1. The molecule has 21 heavy (non-hydrogen) atoms. The van der Waals surface area contributed by atoms with E-state index < -0.39 is 0 Å². The van der Waals surface area contributed by atoms with E-state index in [1.165, 1.54) is 7.11 Å². The van der Waals surface area contributed by atoms with Crippen LogP contribution in [-0.2, 0) is 6.54 Å². The largest absolute Gasteiger partial charge is 0.493 e. The molecule has 0 N–H and O–H groups in total. The minimum Gasteiger partial charge on any atom is -0.493 e. The molecule has 6 nitrogen and oxygen atoms in total. The van der Waals surface area contributed by atoms with E-state index in [9.17, 15) is 4.79 Å². The average molecular weight is 282 g/mol. The summed E-state index contributed by atoms with van der Waals surface area (Å²) in [5.41, 5.74) is 2.43. The topological polar surface area (TPSA) is 69.9 Å². The molecular weight excluding hydrogens is 268 g/mol. The van der Waals surface area contributed by atoms with Crippen LogP contribution >= 0.6 is 0 Å². The molecule has 0 aliphatic heterocycles. The van der Waals surface area contributed by atoms with Gasteiger partial charge in [-0.15, -0.1) is 0 Å². The molecule has 0 amide bonds. The minimum atomic E-state index is -0.140. The van der Waals surface area contributed by atoms with Crippen LogP contribution in [0.5, 0.6) is 5.75 Å². The van der Waals surface area contributed by atoms with E-state index in [0.29, 0.717) is 29.1 Å². The molecule has 106 valence electrons. The van der Waals surface area contributed by atoms with Crippen molar-refractivity contribution in [2.24, 2.45) is 0 Å². The summed E-state index contributed by atoms with van der Waals surface area (Å²) in [7, 11) is 1.53. The van der Waals surface area contributed by atoms with E-state index in [1.807, 2.05) is 6.92 Å².